The van der Waals surface area contributed by atoms with Gasteiger partial charge in [-0.2, -0.15) is 0 Å². The molecule has 0 saturated heterocycles. The lowest BCUT2D eigenvalue weighted by Crippen LogP contribution is -2.18. The number of rotatable bonds is 10. The molecule has 0 heterocycles. The summed E-state index contributed by atoms with van der Waals surface area (Å²) in [6, 6.07) is 17.6. The Labute approximate surface area is 182 Å². The number of benzene rings is 2. The van der Waals surface area contributed by atoms with Crippen molar-refractivity contribution in [2.75, 3.05) is 19.8 Å². The van der Waals surface area contributed by atoms with E-state index in [-0.39, 0.29) is 11.7 Å². The molecule has 0 unspecified atom stereocenters. The van der Waals surface area contributed by atoms with Crippen molar-refractivity contribution in [2.45, 2.75) is 20.8 Å². The van der Waals surface area contributed by atoms with Crippen molar-refractivity contribution < 1.29 is 33.3 Å². The van der Waals surface area contributed by atoms with Gasteiger partial charge in [-0.25, -0.2) is 9.59 Å². The molecule has 0 fully saturated rings. The summed E-state index contributed by atoms with van der Waals surface area (Å²) in [5.74, 6) is -0.108. The fourth-order valence-electron chi connectivity index (χ4n) is 2.07. The Morgan fingerprint density at radius 2 is 1.19 bits per heavy atom. The molecule has 0 amide bonds. The van der Waals surface area contributed by atoms with Crippen molar-refractivity contribution in [3.05, 3.63) is 85.0 Å². The number of carbonyl (C=O) groups is 2. The van der Waals surface area contributed by atoms with E-state index in [2.05, 4.69) is 6.58 Å². The van der Waals surface area contributed by atoms with Gasteiger partial charge in [-0.3, -0.25) is 0 Å². The van der Waals surface area contributed by atoms with Gasteiger partial charge >= 0.3 is 17.9 Å². The average Bonchev–Trinajstić information content (AvgIpc) is 2.79. The summed E-state index contributed by atoms with van der Waals surface area (Å²) in [7, 11) is 0. The van der Waals surface area contributed by atoms with Crippen LogP contribution in [0.25, 0.3) is 0 Å². The number of esters is 2. The first-order chi connectivity index (χ1) is 15.0. The molecule has 7 heteroatoms. The molecule has 0 aliphatic heterocycles. The smallest absolute Gasteiger partial charge is 0.386 e. The van der Waals surface area contributed by atoms with Crippen LogP contribution in [-0.4, -0.2) is 31.8 Å². The van der Waals surface area contributed by atoms with Crippen molar-refractivity contribution in [1.29, 1.82) is 0 Å². The molecule has 2 aromatic rings. The maximum Gasteiger partial charge on any atom is 0.386 e. The molecule has 0 aliphatic carbocycles. The van der Waals surface area contributed by atoms with E-state index in [1.165, 1.54) is 0 Å². The van der Waals surface area contributed by atoms with E-state index in [0.29, 0.717) is 31.3 Å². The topological polar surface area (TPSA) is 80.3 Å². The van der Waals surface area contributed by atoms with E-state index in [1.807, 2.05) is 12.1 Å². The Hall–Kier alpha value is -3.74. The molecule has 0 spiro atoms. The normalized spacial score (nSPS) is 9.26. The van der Waals surface area contributed by atoms with Crippen molar-refractivity contribution >= 4 is 11.9 Å². The maximum absolute atomic E-state index is 12.1. The van der Waals surface area contributed by atoms with Crippen LogP contribution >= 0.6 is 0 Å². The van der Waals surface area contributed by atoms with E-state index < -0.39 is 11.9 Å². The summed E-state index contributed by atoms with van der Waals surface area (Å²) in [5.41, 5.74) is 0. The zero-order valence-electron chi connectivity index (χ0n) is 18.0. The summed E-state index contributed by atoms with van der Waals surface area (Å²) in [4.78, 5) is 22.8. The predicted octanol–water partition coefficient (Wildman–Crippen LogP) is 4.65. The predicted molar refractivity (Wildman–Crippen MR) is 116 cm³/mol. The highest BCUT2D eigenvalue weighted by molar-refractivity contribution is 5.88. The summed E-state index contributed by atoms with van der Waals surface area (Å²) in [6.07, 6.45) is 1.13. The number of carbonyl (C=O) groups excluding carboxylic acids is 2. The lowest BCUT2D eigenvalue weighted by atomic mass is 10.3. The lowest BCUT2D eigenvalue weighted by molar-refractivity contribution is -0.135. The molecule has 2 rings (SSSR count). The summed E-state index contributed by atoms with van der Waals surface area (Å²) >= 11 is 0. The van der Waals surface area contributed by atoms with Crippen LogP contribution in [0.5, 0.6) is 11.5 Å². The second-order valence-electron chi connectivity index (χ2n) is 5.56. The fraction of sp³-hybridized carbons (Fsp3) is 0.250. The molecule has 0 aromatic heterocycles. The number of hydrogen-bond acceptors (Lipinski definition) is 7. The second-order valence-corrected chi connectivity index (χ2v) is 5.56. The molecule has 0 radical (unpaired) electrons. The van der Waals surface area contributed by atoms with Crippen LogP contribution in [0.4, 0.5) is 0 Å². The van der Waals surface area contributed by atoms with Crippen LogP contribution in [0.3, 0.4) is 0 Å². The van der Waals surface area contributed by atoms with Crippen molar-refractivity contribution in [3.63, 3.8) is 0 Å². The molecule has 2 aromatic carbocycles. The summed E-state index contributed by atoms with van der Waals surface area (Å²) in [5, 5.41) is 0. The van der Waals surface area contributed by atoms with E-state index in [0.717, 1.165) is 6.08 Å². The molecule has 7 nitrogen and oxygen atoms in total. The first kappa shape index (κ1) is 25.3. The van der Waals surface area contributed by atoms with Gasteiger partial charge in [0.15, 0.2) is 0 Å². The van der Waals surface area contributed by atoms with Gasteiger partial charge in [0.25, 0.3) is 5.76 Å². The zero-order chi connectivity index (χ0) is 22.9. The molecule has 166 valence electrons. The Bertz CT molecular complexity index is 822. The fourth-order valence-corrected chi connectivity index (χ4v) is 2.07. The second kappa shape index (κ2) is 15.1. The molecule has 0 bridgehead atoms. The van der Waals surface area contributed by atoms with E-state index >= 15 is 0 Å². The summed E-state index contributed by atoms with van der Waals surface area (Å²) < 4.78 is 25.9. The standard InChI is InChI=1S/C15H20O5.C9H8O2/c1-4-17-13(15(18-5-2)19-6-3)14(16)20-12-10-8-7-9-11-12;1-2-9(10)11-8-6-4-3-5-7-8/h7-11H,4-6H2,1-3H3;2-7H,1H2. The Balaban J connectivity index is 0.000000367. The first-order valence-electron chi connectivity index (χ1n) is 9.84. The first-order valence-corrected chi connectivity index (χ1v) is 9.84. The molecular weight excluding hydrogens is 400 g/mol. The molecule has 0 N–H and O–H groups in total. The Kier molecular flexibility index (Phi) is 12.4. The van der Waals surface area contributed by atoms with Gasteiger partial charge in [-0.05, 0) is 45.0 Å². The van der Waals surface area contributed by atoms with Crippen LogP contribution in [-0.2, 0) is 23.8 Å². The van der Waals surface area contributed by atoms with Crippen LogP contribution in [0.15, 0.2) is 85.0 Å². The molecule has 0 atom stereocenters. The highest BCUT2D eigenvalue weighted by atomic mass is 16.7. The van der Waals surface area contributed by atoms with Gasteiger partial charge < -0.3 is 23.7 Å². The van der Waals surface area contributed by atoms with Crippen molar-refractivity contribution in [1.82, 2.24) is 0 Å². The lowest BCUT2D eigenvalue weighted by Gasteiger charge is -2.14. The maximum atomic E-state index is 12.1. The van der Waals surface area contributed by atoms with Gasteiger partial charge in [-0.15, -0.1) is 0 Å². The van der Waals surface area contributed by atoms with Crippen LogP contribution in [0, 0.1) is 0 Å². The van der Waals surface area contributed by atoms with Crippen LogP contribution in [0.1, 0.15) is 20.8 Å². The summed E-state index contributed by atoms with van der Waals surface area (Å²) in [6.45, 7) is 9.68. The third-order valence-electron chi connectivity index (χ3n) is 3.29. The number of para-hydroxylation sites is 2. The number of hydrogen-bond donors (Lipinski definition) is 0. The van der Waals surface area contributed by atoms with Crippen LogP contribution < -0.4 is 9.47 Å². The Morgan fingerprint density at radius 1 is 0.742 bits per heavy atom. The van der Waals surface area contributed by atoms with Gasteiger partial charge in [0.05, 0.1) is 19.8 Å². The quantitative estimate of drug-likeness (QED) is 0.236. The van der Waals surface area contributed by atoms with Gasteiger partial charge in [0.1, 0.15) is 11.5 Å². The van der Waals surface area contributed by atoms with E-state index in [9.17, 15) is 9.59 Å². The highest BCUT2D eigenvalue weighted by Crippen LogP contribution is 2.16. The highest BCUT2D eigenvalue weighted by Gasteiger charge is 2.22. The molecule has 0 aliphatic rings. The van der Waals surface area contributed by atoms with Gasteiger partial charge in [0, 0.05) is 6.08 Å². The largest absolute Gasteiger partial charge is 0.482 e. The average molecular weight is 428 g/mol. The van der Waals surface area contributed by atoms with E-state index in [1.54, 1.807) is 69.3 Å². The molecule has 31 heavy (non-hydrogen) atoms. The van der Waals surface area contributed by atoms with Gasteiger partial charge in [0.2, 0.25) is 0 Å². The SMILES string of the molecule is C=CC(=O)Oc1ccccc1.CCOC(OCC)=C(OCC)C(=O)Oc1ccccc1. The monoisotopic (exact) mass is 428 g/mol. The minimum atomic E-state index is -0.644. The Morgan fingerprint density at radius 3 is 1.61 bits per heavy atom. The number of ether oxygens (including phenoxy) is 5. The minimum Gasteiger partial charge on any atom is -0.482 e. The third-order valence-corrected chi connectivity index (χ3v) is 3.29. The third kappa shape index (κ3) is 10.0. The molecule has 0 saturated carbocycles. The van der Waals surface area contributed by atoms with E-state index in [4.69, 9.17) is 23.7 Å². The van der Waals surface area contributed by atoms with Crippen molar-refractivity contribution in [2.24, 2.45) is 0 Å². The van der Waals surface area contributed by atoms with Gasteiger partial charge in [-0.1, -0.05) is 43.0 Å². The zero-order valence-corrected chi connectivity index (χ0v) is 18.0. The minimum absolute atomic E-state index is 0.0535. The molecular formula is C24H28O7. The van der Waals surface area contributed by atoms with Crippen LogP contribution in [0.2, 0.25) is 0 Å². The van der Waals surface area contributed by atoms with Crippen molar-refractivity contribution in [3.8, 4) is 11.5 Å².